The van der Waals surface area contributed by atoms with Gasteiger partial charge in [0.2, 0.25) is 11.8 Å². The molecule has 1 N–H and O–H groups in total. The minimum atomic E-state index is -0.233. The number of nitrogens with zero attached hydrogens (tertiary/aromatic N) is 1. The molecule has 1 saturated heterocycles. The maximum atomic E-state index is 12.9. The number of nitrogens with one attached hydrogen (secondary N) is 1. The summed E-state index contributed by atoms with van der Waals surface area (Å²) in [5, 5.41) is 4.84. The highest BCUT2D eigenvalue weighted by atomic mass is 32.1. The number of allylic oxidation sites excluding steroid dienone is 2. The first-order valence-corrected chi connectivity index (χ1v) is 9.98. The maximum Gasteiger partial charge on any atom is 0.251 e. The number of hydrogen-bond donors (Lipinski definition) is 1. The van der Waals surface area contributed by atoms with Crippen LogP contribution in [0.5, 0.6) is 0 Å². The number of thiophene rings is 1. The molecule has 27 heavy (non-hydrogen) atoms. The first-order valence-electron chi connectivity index (χ1n) is 9.10. The van der Waals surface area contributed by atoms with Gasteiger partial charge in [-0.2, -0.15) is 0 Å². The Labute approximate surface area is 160 Å². The van der Waals surface area contributed by atoms with Gasteiger partial charge >= 0.3 is 0 Å². The van der Waals surface area contributed by atoms with Gasteiger partial charge < -0.3 is 5.32 Å². The molecule has 0 radical (unpaired) electrons. The number of anilines is 1. The molecule has 0 unspecified atom stereocenters. The van der Waals surface area contributed by atoms with Crippen LogP contribution in [0.3, 0.4) is 0 Å². The quantitative estimate of drug-likeness (QED) is 0.657. The van der Waals surface area contributed by atoms with Crippen molar-refractivity contribution in [2.24, 2.45) is 23.7 Å². The van der Waals surface area contributed by atoms with E-state index in [9.17, 15) is 14.4 Å². The monoisotopic (exact) mass is 378 g/mol. The van der Waals surface area contributed by atoms with Gasteiger partial charge in [-0.1, -0.05) is 24.3 Å². The van der Waals surface area contributed by atoms with E-state index in [1.54, 1.807) is 35.6 Å². The van der Waals surface area contributed by atoms with Crippen molar-refractivity contribution >= 4 is 34.7 Å². The SMILES string of the molecule is O=C(NCc1cccs1)c1cccc(N2C(=O)[C@@H]3[C@H](C2=O)[C@H]2C=C[C@H]3C2)c1. The van der Waals surface area contributed by atoms with Crippen molar-refractivity contribution in [1.82, 2.24) is 5.32 Å². The van der Waals surface area contributed by atoms with Crippen LogP contribution in [0, 0.1) is 23.7 Å². The van der Waals surface area contributed by atoms with E-state index in [1.807, 2.05) is 17.5 Å². The fraction of sp³-hybridized carbons (Fsp3) is 0.286. The molecule has 5 nitrogen and oxygen atoms in total. The van der Waals surface area contributed by atoms with E-state index in [4.69, 9.17) is 0 Å². The molecule has 4 atom stereocenters. The van der Waals surface area contributed by atoms with E-state index in [2.05, 4.69) is 17.5 Å². The fourth-order valence-electron chi connectivity index (χ4n) is 4.63. The van der Waals surface area contributed by atoms with Gasteiger partial charge in [0.15, 0.2) is 0 Å². The Kier molecular flexibility index (Phi) is 3.75. The third kappa shape index (κ3) is 2.55. The summed E-state index contributed by atoms with van der Waals surface area (Å²) >= 11 is 1.58. The Balaban J connectivity index is 1.37. The Hall–Kier alpha value is -2.73. The number of carbonyl (C=O) groups excluding carboxylic acids is 3. The number of carbonyl (C=O) groups is 3. The number of imide groups is 1. The second-order valence-electron chi connectivity index (χ2n) is 7.32. The van der Waals surface area contributed by atoms with E-state index in [1.165, 1.54) is 4.90 Å². The molecular weight excluding hydrogens is 360 g/mol. The lowest BCUT2D eigenvalue weighted by atomic mass is 9.85. The Morgan fingerprint density at radius 2 is 1.81 bits per heavy atom. The van der Waals surface area contributed by atoms with Crippen LogP contribution in [0.2, 0.25) is 0 Å². The first-order chi connectivity index (χ1) is 13.1. The molecule has 2 aliphatic carbocycles. The van der Waals surface area contributed by atoms with Gasteiger partial charge in [0.05, 0.1) is 24.1 Å². The predicted octanol–water partition coefficient (Wildman–Crippen LogP) is 2.99. The van der Waals surface area contributed by atoms with Crippen LogP contribution in [-0.2, 0) is 16.1 Å². The molecule has 2 bridgehead atoms. The van der Waals surface area contributed by atoms with Gasteiger partial charge in [0.1, 0.15) is 0 Å². The molecule has 0 spiro atoms. The molecule has 1 aromatic heterocycles. The molecule has 2 aromatic rings. The topological polar surface area (TPSA) is 66.5 Å². The Bertz CT molecular complexity index is 936. The molecule has 3 amide bonds. The van der Waals surface area contributed by atoms with Crippen LogP contribution in [0.25, 0.3) is 0 Å². The first kappa shape index (κ1) is 16.4. The molecule has 1 aromatic carbocycles. The van der Waals surface area contributed by atoms with E-state index in [0.29, 0.717) is 17.8 Å². The van der Waals surface area contributed by atoms with Crippen molar-refractivity contribution in [3.8, 4) is 0 Å². The lowest BCUT2D eigenvalue weighted by molar-refractivity contribution is -0.123. The predicted molar refractivity (Wildman–Crippen MR) is 102 cm³/mol. The van der Waals surface area contributed by atoms with E-state index < -0.39 is 0 Å². The smallest absolute Gasteiger partial charge is 0.251 e. The average Bonchev–Trinajstić information content (AvgIpc) is 3.45. The van der Waals surface area contributed by atoms with Crippen molar-refractivity contribution < 1.29 is 14.4 Å². The number of hydrogen-bond acceptors (Lipinski definition) is 4. The van der Waals surface area contributed by atoms with Gasteiger partial charge in [-0.25, -0.2) is 4.90 Å². The summed E-state index contributed by atoms with van der Waals surface area (Å²) in [6.45, 7) is 0.460. The van der Waals surface area contributed by atoms with Gasteiger partial charge in [-0.15, -0.1) is 11.3 Å². The number of fused-ring (bicyclic) bond motifs is 5. The van der Waals surface area contributed by atoms with Crippen LogP contribution < -0.4 is 10.2 Å². The van der Waals surface area contributed by atoms with Gasteiger partial charge in [0.25, 0.3) is 5.91 Å². The summed E-state index contributed by atoms with van der Waals surface area (Å²) in [5.74, 6) is -0.577. The zero-order valence-corrected chi connectivity index (χ0v) is 15.3. The Morgan fingerprint density at radius 1 is 1.07 bits per heavy atom. The minimum absolute atomic E-state index is 0.127. The zero-order valence-electron chi connectivity index (χ0n) is 14.5. The van der Waals surface area contributed by atoms with Gasteiger partial charge in [0, 0.05) is 10.4 Å². The summed E-state index contributed by atoms with van der Waals surface area (Å²) in [6.07, 6.45) is 5.07. The zero-order chi connectivity index (χ0) is 18.5. The highest BCUT2D eigenvalue weighted by molar-refractivity contribution is 7.09. The molecule has 2 heterocycles. The molecular formula is C21H18N2O3S. The van der Waals surface area contributed by atoms with Gasteiger partial charge in [-0.05, 0) is 47.9 Å². The highest BCUT2D eigenvalue weighted by Crippen LogP contribution is 2.53. The van der Waals surface area contributed by atoms with Crippen molar-refractivity contribution in [2.75, 3.05) is 4.90 Å². The molecule has 2 fully saturated rings. The third-order valence-corrected chi connectivity index (χ3v) is 6.72. The summed E-state index contributed by atoms with van der Waals surface area (Å²) in [5.41, 5.74) is 0.936. The second-order valence-corrected chi connectivity index (χ2v) is 8.36. The van der Waals surface area contributed by atoms with Crippen LogP contribution in [0.4, 0.5) is 5.69 Å². The van der Waals surface area contributed by atoms with Crippen LogP contribution >= 0.6 is 11.3 Å². The van der Waals surface area contributed by atoms with Crippen molar-refractivity contribution in [3.63, 3.8) is 0 Å². The summed E-state index contributed by atoms with van der Waals surface area (Å²) in [6, 6.07) is 10.7. The number of amides is 3. The van der Waals surface area contributed by atoms with Crippen LogP contribution in [0.1, 0.15) is 21.7 Å². The Morgan fingerprint density at radius 3 is 2.48 bits per heavy atom. The largest absolute Gasteiger partial charge is 0.347 e. The maximum absolute atomic E-state index is 12.9. The van der Waals surface area contributed by atoms with Crippen molar-refractivity contribution in [1.29, 1.82) is 0 Å². The van der Waals surface area contributed by atoms with Crippen LogP contribution in [-0.4, -0.2) is 17.7 Å². The molecule has 1 saturated carbocycles. The molecule has 5 rings (SSSR count). The second kappa shape index (κ2) is 6.16. The number of benzene rings is 1. The fourth-order valence-corrected chi connectivity index (χ4v) is 5.27. The van der Waals surface area contributed by atoms with Crippen molar-refractivity contribution in [2.45, 2.75) is 13.0 Å². The van der Waals surface area contributed by atoms with Gasteiger partial charge in [-0.3, -0.25) is 14.4 Å². The van der Waals surface area contributed by atoms with E-state index >= 15 is 0 Å². The normalized spacial score (nSPS) is 28.1. The molecule has 136 valence electrons. The third-order valence-electron chi connectivity index (χ3n) is 5.84. The molecule has 6 heteroatoms. The average molecular weight is 378 g/mol. The van der Waals surface area contributed by atoms with E-state index in [-0.39, 0.29) is 41.4 Å². The summed E-state index contributed by atoms with van der Waals surface area (Å²) in [4.78, 5) is 40.7. The minimum Gasteiger partial charge on any atom is -0.347 e. The number of rotatable bonds is 4. The summed E-state index contributed by atoms with van der Waals surface area (Å²) < 4.78 is 0. The van der Waals surface area contributed by atoms with Crippen molar-refractivity contribution in [3.05, 3.63) is 64.4 Å². The van der Waals surface area contributed by atoms with Crippen LogP contribution in [0.15, 0.2) is 53.9 Å². The molecule has 1 aliphatic heterocycles. The lowest BCUT2D eigenvalue weighted by Crippen LogP contribution is -2.33. The lowest BCUT2D eigenvalue weighted by Gasteiger charge is -2.18. The summed E-state index contributed by atoms with van der Waals surface area (Å²) in [7, 11) is 0. The highest BCUT2D eigenvalue weighted by Gasteiger charge is 2.59. The van der Waals surface area contributed by atoms with E-state index in [0.717, 1.165) is 11.3 Å². The standard InChI is InChI=1S/C21H18N2O3S/c24-19(22-11-16-5-2-8-27-16)14-3-1-4-15(10-14)23-20(25)17-12-6-7-13(9-12)18(17)21(23)26/h1-8,10,12-13,17-18H,9,11H2,(H,22,24)/t12-,13-,17-,18+/m0/s1. The molecule has 3 aliphatic rings.